The van der Waals surface area contributed by atoms with Crippen molar-refractivity contribution in [1.29, 1.82) is 0 Å². The van der Waals surface area contributed by atoms with E-state index in [4.69, 9.17) is 4.98 Å². The highest BCUT2D eigenvalue weighted by Crippen LogP contribution is 2.20. The van der Waals surface area contributed by atoms with Crippen LogP contribution in [0.1, 0.15) is 62.9 Å². The SMILES string of the molecule is CCCCNC(=O)CCN(CCCC)c1nc(Cc2ccc(C)cc2)ns1. The lowest BCUT2D eigenvalue weighted by molar-refractivity contribution is -0.120. The van der Waals surface area contributed by atoms with Crippen LogP contribution in [-0.2, 0) is 11.2 Å². The maximum Gasteiger partial charge on any atom is 0.221 e. The summed E-state index contributed by atoms with van der Waals surface area (Å²) in [4.78, 5) is 19.0. The first kappa shape index (κ1) is 21.4. The maximum atomic E-state index is 12.0. The molecule has 0 spiro atoms. The van der Waals surface area contributed by atoms with Gasteiger partial charge in [-0.25, -0.2) is 4.98 Å². The fourth-order valence-electron chi connectivity index (χ4n) is 2.72. The van der Waals surface area contributed by atoms with Gasteiger partial charge in [0.2, 0.25) is 11.0 Å². The molecule has 148 valence electrons. The molecule has 0 aliphatic rings. The van der Waals surface area contributed by atoms with Crippen molar-refractivity contribution in [2.24, 2.45) is 0 Å². The lowest BCUT2D eigenvalue weighted by Gasteiger charge is -2.20. The minimum absolute atomic E-state index is 0.120. The highest BCUT2D eigenvalue weighted by Gasteiger charge is 2.14. The van der Waals surface area contributed by atoms with Gasteiger partial charge < -0.3 is 10.2 Å². The average molecular weight is 389 g/mol. The molecular formula is C21H32N4OS. The molecular weight excluding hydrogens is 356 g/mol. The van der Waals surface area contributed by atoms with Gasteiger partial charge in [-0.15, -0.1) is 0 Å². The van der Waals surface area contributed by atoms with Crippen molar-refractivity contribution >= 4 is 22.6 Å². The molecule has 0 aliphatic heterocycles. The summed E-state index contributed by atoms with van der Waals surface area (Å²) in [7, 11) is 0. The third-order valence-corrected chi connectivity index (χ3v) is 5.27. The minimum atomic E-state index is 0.120. The summed E-state index contributed by atoms with van der Waals surface area (Å²) in [5, 5.41) is 3.91. The number of aryl methyl sites for hydroxylation is 1. The van der Waals surface area contributed by atoms with Gasteiger partial charge in [0.15, 0.2) is 0 Å². The third-order valence-electron chi connectivity index (χ3n) is 4.45. The van der Waals surface area contributed by atoms with Crippen molar-refractivity contribution in [3.8, 4) is 0 Å². The van der Waals surface area contributed by atoms with Crippen LogP contribution in [0.4, 0.5) is 5.13 Å². The van der Waals surface area contributed by atoms with Gasteiger partial charge in [0.05, 0.1) is 0 Å². The van der Waals surface area contributed by atoms with E-state index < -0.39 is 0 Å². The molecule has 0 saturated heterocycles. The minimum Gasteiger partial charge on any atom is -0.356 e. The van der Waals surface area contributed by atoms with Crippen LogP contribution in [0.2, 0.25) is 0 Å². The van der Waals surface area contributed by atoms with Crippen LogP contribution < -0.4 is 10.2 Å². The first-order valence-electron chi connectivity index (χ1n) is 10.0. The normalized spacial score (nSPS) is 10.8. The second kappa shape index (κ2) is 11.7. The molecule has 0 atom stereocenters. The molecule has 1 aromatic heterocycles. The Labute approximate surface area is 167 Å². The Morgan fingerprint density at radius 3 is 2.56 bits per heavy atom. The van der Waals surface area contributed by atoms with Crippen LogP contribution in [-0.4, -0.2) is 34.9 Å². The number of carbonyl (C=O) groups is 1. The number of amides is 1. The molecule has 1 aromatic carbocycles. The number of nitrogens with one attached hydrogen (secondary N) is 1. The summed E-state index contributed by atoms with van der Waals surface area (Å²) < 4.78 is 4.54. The Kier molecular flexibility index (Phi) is 9.25. The van der Waals surface area contributed by atoms with Crippen LogP contribution in [0, 0.1) is 6.92 Å². The van der Waals surface area contributed by atoms with Gasteiger partial charge in [-0.3, -0.25) is 4.79 Å². The lowest BCUT2D eigenvalue weighted by atomic mass is 10.1. The summed E-state index contributed by atoms with van der Waals surface area (Å²) in [5.74, 6) is 0.974. The summed E-state index contributed by atoms with van der Waals surface area (Å²) in [6, 6.07) is 8.50. The number of unbranched alkanes of at least 4 members (excludes halogenated alkanes) is 2. The Hall–Kier alpha value is -1.95. The smallest absolute Gasteiger partial charge is 0.221 e. The third kappa shape index (κ3) is 7.67. The number of hydrogen-bond donors (Lipinski definition) is 1. The fourth-order valence-corrected chi connectivity index (χ4v) is 3.45. The molecule has 0 aliphatic carbocycles. The average Bonchev–Trinajstić information content (AvgIpc) is 3.12. The molecule has 0 unspecified atom stereocenters. The van der Waals surface area contributed by atoms with Gasteiger partial charge in [0.25, 0.3) is 0 Å². The topological polar surface area (TPSA) is 58.1 Å². The van der Waals surface area contributed by atoms with Gasteiger partial charge in [-0.1, -0.05) is 56.5 Å². The van der Waals surface area contributed by atoms with E-state index in [2.05, 4.69) is 59.6 Å². The van der Waals surface area contributed by atoms with Crippen molar-refractivity contribution in [3.05, 3.63) is 41.2 Å². The van der Waals surface area contributed by atoms with Crippen LogP contribution in [0.25, 0.3) is 0 Å². The van der Waals surface area contributed by atoms with Gasteiger partial charge in [-0.05, 0) is 25.3 Å². The van der Waals surface area contributed by atoms with E-state index in [1.54, 1.807) is 0 Å². The number of anilines is 1. The standard InChI is InChI=1S/C21H32N4OS/c1-4-6-13-22-20(26)12-15-25(14-7-5-2)21-23-19(24-27-21)16-18-10-8-17(3)9-11-18/h8-11H,4-7,12-16H2,1-3H3,(H,22,26). The van der Waals surface area contributed by atoms with Crippen LogP contribution in [0.15, 0.2) is 24.3 Å². The summed E-state index contributed by atoms with van der Waals surface area (Å²) in [5.41, 5.74) is 2.48. The first-order valence-corrected chi connectivity index (χ1v) is 10.8. The van der Waals surface area contributed by atoms with Crippen LogP contribution in [0.3, 0.4) is 0 Å². The van der Waals surface area contributed by atoms with Gasteiger partial charge in [0, 0.05) is 44.0 Å². The molecule has 2 aromatic rings. The Balaban J connectivity index is 1.93. The number of benzene rings is 1. The van der Waals surface area contributed by atoms with E-state index in [1.807, 2.05) is 0 Å². The van der Waals surface area contributed by atoms with E-state index >= 15 is 0 Å². The zero-order valence-electron chi connectivity index (χ0n) is 16.8. The van der Waals surface area contributed by atoms with Gasteiger partial charge in [0.1, 0.15) is 5.82 Å². The zero-order chi connectivity index (χ0) is 19.5. The number of aromatic nitrogens is 2. The number of rotatable bonds is 12. The molecule has 0 fully saturated rings. The highest BCUT2D eigenvalue weighted by atomic mass is 32.1. The van der Waals surface area contributed by atoms with E-state index in [0.29, 0.717) is 13.0 Å². The molecule has 6 heteroatoms. The predicted molar refractivity (Wildman–Crippen MR) is 114 cm³/mol. The van der Waals surface area contributed by atoms with Crippen molar-refractivity contribution in [2.75, 3.05) is 24.5 Å². The monoisotopic (exact) mass is 388 g/mol. The predicted octanol–water partition coefficient (Wildman–Crippen LogP) is 4.35. The van der Waals surface area contributed by atoms with E-state index in [9.17, 15) is 4.79 Å². The Morgan fingerprint density at radius 1 is 1.11 bits per heavy atom. The second-order valence-corrected chi connectivity index (χ2v) is 7.68. The molecule has 2 rings (SSSR count). The Bertz CT molecular complexity index is 684. The quantitative estimate of drug-likeness (QED) is 0.549. The van der Waals surface area contributed by atoms with Crippen LogP contribution in [0.5, 0.6) is 0 Å². The van der Waals surface area contributed by atoms with E-state index in [0.717, 1.165) is 56.1 Å². The molecule has 0 radical (unpaired) electrons. The molecule has 1 amide bonds. The van der Waals surface area contributed by atoms with Crippen molar-refractivity contribution in [1.82, 2.24) is 14.7 Å². The van der Waals surface area contributed by atoms with Crippen molar-refractivity contribution in [3.63, 3.8) is 0 Å². The summed E-state index contributed by atoms with van der Waals surface area (Å²) in [6.07, 6.45) is 5.58. The second-order valence-electron chi connectivity index (χ2n) is 6.95. The van der Waals surface area contributed by atoms with E-state index in [-0.39, 0.29) is 5.91 Å². The Morgan fingerprint density at radius 2 is 1.85 bits per heavy atom. The first-order chi connectivity index (χ1) is 13.1. The molecule has 5 nitrogen and oxygen atoms in total. The number of nitrogens with zero attached hydrogens (tertiary/aromatic N) is 3. The molecule has 1 N–H and O–H groups in total. The highest BCUT2D eigenvalue weighted by molar-refractivity contribution is 7.09. The zero-order valence-corrected chi connectivity index (χ0v) is 17.6. The molecule has 0 bridgehead atoms. The molecule has 1 heterocycles. The van der Waals surface area contributed by atoms with E-state index in [1.165, 1.54) is 22.7 Å². The lowest BCUT2D eigenvalue weighted by Crippen LogP contribution is -2.32. The summed E-state index contributed by atoms with van der Waals surface area (Å²) >= 11 is 1.44. The maximum absolute atomic E-state index is 12.0. The molecule has 0 saturated carbocycles. The van der Waals surface area contributed by atoms with Gasteiger partial charge >= 0.3 is 0 Å². The van der Waals surface area contributed by atoms with Crippen LogP contribution >= 0.6 is 11.5 Å². The van der Waals surface area contributed by atoms with Crippen molar-refractivity contribution in [2.45, 2.75) is 59.3 Å². The molecule has 27 heavy (non-hydrogen) atoms. The summed E-state index contributed by atoms with van der Waals surface area (Å²) in [6.45, 7) is 8.77. The van der Waals surface area contributed by atoms with Gasteiger partial charge in [-0.2, -0.15) is 4.37 Å². The number of carbonyl (C=O) groups excluding carboxylic acids is 1. The van der Waals surface area contributed by atoms with Crippen molar-refractivity contribution < 1.29 is 4.79 Å². The fraction of sp³-hybridized carbons (Fsp3) is 0.571. The largest absolute Gasteiger partial charge is 0.356 e. The number of hydrogen-bond acceptors (Lipinski definition) is 5.